The summed E-state index contributed by atoms with van der Waals surface area (Å²) in [6, 6.07) is 12.5. The fourth-order valence-electron chi connectivity index (χ4n) is 5.35. The smallest absolute Gasteiger partial charge is 0.243 e. The molecular formula is C30H42ClN3O4S. The number of carbonyl (C=O) groups excluding carboxylic acids is 2. The van der Waals surface area contributed by atoms with Crippen LogP contribution < -0.4 is 9.62 Å². The molecule has 214 valence electrons. The SMILES string of the molecule is CCC(C(=O)NC1CCCCC1)N(Cc1ccc(Cl)cc1)C(=O)CCCN(c1cc(C)cc(C)c1)S(C)(=O)=O. The number of sulfonamides is 1. The molecule has 3 rings (SSSR count). The van der Waals surface area contributed by atoms with Gasteiger partial charge in [0.15, 0.2) is 0 Å². The minimum atomic E-state index is -3.54. The number of hydrogen-bond acceptors (Lipinski definition) is 4. The van der Waals surface area contributed by atoms with Crippen molar-refractivity contribution in [3.8, 4) is 0 Å². The fourth-order valence-corrected chi connectivity index (χ4v) is 6.42. The molecule has 1 fully saturated rings. The van der Waals surface area contributed by atoms with Gasteiger partial charge in [-0.25, -0.2) is 8.42 Å². The van der Waals surface area contributed by atoms with Crippen molar-refractivity contribution in [1.82, 2.24) is 10.2 Å². The van der Waals surface area contributed by atoms with Crippen LogP contribution in [-0.4, -0.2) is 50.0 Å². The summed E-state index contributed by atoms with van der Waals surface area (Å²) in [5.41, 5.74) is 3.42. The number of rotatable bonds is 12. The third-order valence-corrected chi connectivity index (χ3v) is 8.70. The minimum Gasteiger partial charge on any atom is -0.352 e. The number of aryl methyl sites for hydroxylation is 2. The topological polar surface area (TPSA) is 86.8 Å². The monoisotopic (exact) mass is 575 g/mol. The molecule has 7 nitrogen and oxygen atoms in total. The van der Waals surface area contributed by atoms with Gasteiger partial charge in [-0.1, -0.05) is 56.0 Å². The third kappa shape index (κ3) is 9.24. The second-order valence-corrected chi connectivity index (χ2v) is 13.0. The Bertz CT molecular complexity index is 1210. The largest absolute Gasteiger partial charge is 0.352 e. The molecule has 2 amide bonds. The summed E-state index contributed by atoms with van der Waals surface area (Å²) in [5, 5.41) is 3.79. The molecule has 0 radical (unpaired) electrons. The van der Waals surface area contributed by atoms with E-state index in [0.29, 0.717) is 23.6 Å². The second-order valence-electron chi connectivity index (χ2n) is 10.7. The highest BCUT2D eigenvalue weighted by Crippen LogP contribution is 2.23. The Morgan fingerprint density at radius 1 is 1.03 bits per heavy atom. The van der Waals surface area contributed by atoms with Crippen molar-refractivity contribution in [2.45, 2.75) is 90.8 Å². The van der Waals surface area contributed by atoms with Crippen molar-refractivity contribution < 1.29 is 18.0 Å². The number of hydrogen-bond donors (Lipinski definition) is 1. The molecule has 0 saturated heterocycles. The first-order valence-electron chi connectivity index (χ1n) is 13.9. The molecule has 1 atom stereocenters. The number of amides is 2. The average molecular weight is 576 g/mol. The van der Waals surface area contributed by atoms with Crippen molar-refractivity contribution in [2.24, 2.45) is 0 Å². The maximum Gasteiger partial charge on any atom is 0.243 e. The van der Waals surface area contributed by atoms with Crippen LogP contribution in [0.15, 0.2) is 42.5 Å². The Hall–Kier alpha value is -2.58. The Kier molecular flexibility index (Phi) is 11.2. The Balaban J connectivity index is 1.76. The lowest BCUT2D eigenvalue weighted by Crippen LogP contribution is -2.51. The predicted molar refractivity (Wildman–Crippen MR) is 158 cm³/mol. The van der Waals surface area contributed by atoms with Gasteiger partial charge in [0, 0.05) is 30.6 Å². The molecule has 1 N–H and O–H groups in total. The highest BCUT2D eigenvalue weighted by atomic mass is 35.5. The molecule has 9 heteroatoms. The number of anilines is 1. The first-order chi connectivity index (χ1) is 18.5. The number of halogens is 1. The molecule has 0 bridgehead atoms. The van der Waals surface area contributed by atoms with E-state index in [1.54, 1.807) is 17.0 Å². The summed E-state index contributed by atoms with van der Waals surface area (Å²) in [7, 11) is -3.54. The van der Waals surface area contributed by atoms with Gasteiger partial charge in [0.05, 0.1) is 11.9 Å². The van der Waals surface area contributed by atoms with Crippen molar-refractivity contribution in [2.75, 3.05) is 17.1 Å². The molecule has 0 aromatic heterocycles. The lowest BCUT2D eigenvalue weighted by Gasteiger charge is -2.33. The van der Waals surface area contributed by atoms with Gasteiger partial charge in [-0.2, -0.15) is 0 Å². The van der Waals surface area contributed by atoms with Gasteiger partial charge in [-0.15, -0.1) is 0 Å². The molecule has 1 saturated carbocycles. The highest BCUT2D eigenvalue weighted by Gasteiger charge is 2.30. The summed E-state index contributed by atoms with van der Waals surface area (Å²) in [6.45, 7) is 6.22. The van der Waals surface area contributed by atoms with Crippen molar-refractivity contribution in [3.63, 3.8) is 0 Å². The first-order valence-corrected chi connectivity index (χ1v) is 16.1. The van der Waals surface area contributed by atoms with Crippen molar-refractivity contribution >= 4 is 39.1 Å². The van der Waals surface area contributed by atoms with Gasteiger partial charge in [0.1, 0.15) is 6.04 Å². The summed E-state index contributed by atoms with van der Waals surface area (Å²) < 4.78 is 26.6. The normalized spacial score (nSPS) is 15.0. The van der Waals surface area contributed by atoms with Crippen LogP contribution in [0.5, 0.6) is 0 Å². The summed E-state index contributed by atoms with van der Waals surface area (Å²) in [4.78, 5) is 28.7. The van der Waals surface area contributed by atoms with E-state index in [-0.39, 0.29) is 37.4 Å². The van der Waals surface area contributed by atoms with Gasteiger partial charge in [-0.3, -0.25) is 13.9 Å². The van der Waals surface area contributed by atoms with E-state index < -0.39 is 16.1 Å². The second kappa shape index (κ2) is 14.2. The lowest BCUT2D eigenvalue weighted by atomic mass is 9.95. The Labute approximate surface area is 239 Å². The zero-order chi connectivity index (χ0) is 28.6. The molecule has 39 heavy (non-hydrogen) atoms. The molecular weight excluding hydrogens is 534 g/mol. The van der Waals surface area contributed by atoms with Crippen LogP contribution in [0.2, 0.25) is 5.02 Å². The third-order valence-electron chi connectivity index (χ3n) is 7.25. The number of carbonyl (C=O) groups is 2. The van der Waals surface area contributed by atoms with Crippen LogP contribution in [-0.2, 0) is 26.2 Å². The van der Waals surface area contributed by atoms with E-state index in [1.165, 1.54) is 17.0 Å². The minimum absolute atomic E-state index is 0.123. The number of benzene rings is 2. The van der Waals surface area contributed by atoms with E-state index in [9.17, 15) is 18.0 Å². The molecule has 1 aliphatic rings. The summed E-state index contributed by atoms with van der Waals surface area (Å²) >= 11 is 6.07. The number of nitrogens with zero attached hydrogens (tertiary/aromatic N) is 2. The molecule has 2 aromatic carbocycles. The van der Waals surface area contributed by atoms with E-state index in [1.807, 2.05) is 51.1 Å². The van der Waals surface area contributed by atoms with Crippen LogP contribution >= 0.6 is 11.6 Å². The zero-order valence-electron chi connectivity index (χ0n) is 23.6. The maximum absolute atomic E-state index is 13.6. The Morgan fingerprint density at radius 3 is 2.21 bits per heavy atom. The van der Waals surface area contributed by atoms with Gasteiger partial charge < -0.3 is 10.2 Å². The van der Waals surface area contributed by atoms with E-state index in [2.05, 4.69) is 5.32 Å². The van der Waals surface area contributed by atoms with Crippen LogP contribution in [0.4, 0.5) is 5.69 Å². The maximum atomic E-state index is 13.6. The van der Waals surface area contributed by atoms with E-state index in [0.717, 1.165) is 42.4 Å². The molecule has 1 unspecified atom stereocenters. The van der Waals surface area contributed by atoms with Crippen LogP contribution in [0.3, 0.4) is 0 Å². The van der Waals surface area contributed by atoms with E-state index >= 15 is 0 Å². The fraction of sp³-hybridized carbons (Fsp3) is 0.533. The van der Waals surface area contributed by atoms with Gasteiger partial charge in [0.2, 0.25) is 21.8 Å². The number of nitrogens with one attached hydrogen (secondary N) is 1. The quantitative estimate of drug-likeness (QED) is 0.349. The zero-order valence-corrected chi connectivity index (χ0v) is 25.2. The average Bonchev–Trinajstić information content (AvgIpc) is 2.86. The predicted octanol–water partition coefficient (Wildman–Crippen LogP) is 5.76. The van der Waals surface area contributed by atoms with Crippen LogP contribution in [0.1, 0.15) is 75.0 Å². The van der Waals surface area contributed by atoms with Gasteiger partial charge >= 0.3 is 0 Å². The van der Waals surface area contributed by atoms with Crippen molar-refractivity contribution in [1.29, 1.82) is 0 Å². The molecule has 0 aliphatic heterocycles. The molecule has 2 aromatic rings. The first kappa shape index (κ1) is 31.0. The highest BCUT2D eigenvalue weighted by molar-refractivity contribution is 7.92. The summed E-state index contributed by atoms with van der Waals surface area (Å²) in [6.07, 6.45) is 7.45. The molecule has 0 spiro atoms. The lowest BCUT2D eigenvalue weighted by molar-refractivity contribution is -0.141. The van der Waals surface area contributed by atoms with Crippen molar-refractivity contribution in [3.05, 3.63) is 64.2 Å². The molecule has 1 aliphatic carbocycles. The Morgan fingerprint density at radius 2 is 1.64 bits per heavy atom. The van der Waals surface area contributed by atoms with Gasteiger partial charge in [-0.05, 0) is 80.5 Å². The molecule has 0 heterocycles. The van der Waals surface area contributed by atoms with Crippen LogP contribution in [0, 0.1) is 13.8 Å². The standard InChI is InChI=1S/C30H42ClN3O4S/c1-5-28(30(36)32-26-10-7-6-8-11-26)33(21-24-13-15-25(31)16-14-24)29(35)12-9-17-34(39(4,37)38)27-19-22(2)18-23(3)20-27/h13-16,18-20,26,28H,5-12,17,21H2,1-4H3,(H,32,36). The van der Waals surface area contributed by atoms with E-state index in [4.69, 9.17) is 11.6 Å². The summed E-state index contributed by atoms with van der Waals surface area (Å²) in [5.74, 6) is -0.302. The van der Waals surface area contributed by atoms with Gasteiger partial charge in [0.25, 0.3) is 0 Å². The van der Waals surface area contributed by atoms with Crippen LogP contribution in [0.25, 0.3) is 0 Å².